The fourth-order valence-corrected chi connectivity index (χ4v) is 12.6. The molecule has 4 aromatic rings. The molecule has 0 spiro atoms. The number of hydrogen-bond donors (Lipinski definition) is 3. The minimum absolute atomic E-state index is 0.00265. The van der Waals surface area contributed by atoms with Gasteiger partial charge in [0.2, 0.25) is 11.8 Å². The third-order valence-electron chi connectivity index (χ3n) is 15.9. The van der Waals surface area contributed by atoms with Crippen molar-refractivity contribution in [1.29, 1.82) is 0 Å². The van der Waals surface area contributed by atoms with Gasteiger partial charge >= 0.3 is 12.2 Å². The number of imidazole rings is 1. The number of nitrogens with one attached hydrogen (secondary N) is 3. The van der Waals surface area contributed by atoms with E-state index in [-0.39, 0.29) is 72.2 Å². The molecule has 0 bridgehead atoms. The highest BCUT2D eigenvalue weighted by atomic mass is 16.5. The Morgan fingerprint density at radius 2 is 1.24 bits per heavy atom. The van der Waals surface area contributed by atoms with Crippen LogP contribution in [0.1, 0.15) is 141 Å². The maximum absolute atomic E-state index is 13.7. The fourth-order valence-electron chi connectivity index (χ4n) is 12.6. The maximum atomic E-state index is 13.7. The SMILES string of the molecule is CC1=Nc2ccc3cc4c(cc3c2C1)OCc1cc(C)ccc1-4.COC(=O)N[C@H](C(=O)N1[C@@H](C)CC[C@H]1c1ncc(C)[nH]1)C1C[C@@H](C)O[C@H](C)C1.COC(=O)N[C@H](C(=O)N1[C@H](C)CC[C@@H]1C)C1C[C@@H](C)O[C@H](C)C1. The molecule has 6 aliphatic heterocycles. The number of rotatable bonds is 7. The van der Waals surface area contributed by atoms with Crippen LogP contribution in [-0.4, -0.2) is 118 Å². The van der Waals surface area contributed by atoms with Gasteiger partial charge in [0.25, 0.3) is 0 Å². The van der Waals surface area contributed by atoms with Crippen molar-refractivity contribution in [3.63, 3.8) is 0 Å². The summed E-state index contributed by atoms with van der Waals surface area (Å²) >= 11 is 0. The van der Waals surface area contributed by atoms with Gasteiger partial charge in [-0.2, -0.15) is 0 Å². The first-order valence-corrected chi connectivity index (χ1v) is 26.8. The second kappa shape index (κ2) is 23.3. The number of carbonyl (C=O) groups excluding carboxylic acids is 4. The molecule has 4 saturated heterocycles. The van der Waals surface area contributed by atoms with E-state index < -0.39 is 24.3 Å². The van der Waals surface area contributed by atoms with Crippen LogP contribution < -0.4 is 15.4 Å². The monoisotopic (exact) mass is 1020 g/mol. The predicted octanol–water partition coefficient (Wildman–Crippen LogP) is 10.4. The normalized spacial score (nSPS) is 27.6. The van der Waals surface area contributed by atoms with Gasteiger partial charge in [-0.25, -0.2) is 14.6 Å². The number of nitrogens with zero attached hydrogens (tertiary/aromatic N) is 4. The summed E-state index contributed by atoms with van der Waals surface area (Å²) in [5.74, 6) is 1.81. The quantitative estimate of drug-likeness (QED) is 0.161. The molecule has 4 fully saturated rings. The van der Waals surface area contributed by atoms with Crippen molar-refractivity contribution in [3.05, 3.63) is 76.9 Å². The fraction of sp³-hybridized carbons (Fsp3) is 0.586. The summed E-state index contributed by atoms with van der Waals surface area (Å²) < 4.78 is 27.2. The van der Waals surface area contributed by atoms with Crippen LogP contribution in [0, 0.1) is 25.7 Å². The van der Waals surface area contributed by atoms with E-state index >= 15 is 0 Å². The van der Waals surface area contributed by atoms with Gasteiger partial charge in [-0.3, -0.25) is 14.6 Å². The average Bonchev–Trinajstić information content (AvgIpc) is 4.16. The average molecular weight is 1020 g/mol. The van der Waals surface area contributed by atoms with Crippen LogP contribution in [0.5, 0.6) is 5.75 Å². The lowest BCUT2D eigenvalue weighted by Gasteiger charge is -2.39. The van der Waals surface area contributed by atoms with Crippen LogP contribution in [0.15, 0.2) is 53.7 Å². The van der Waals surface area contributed by atoms with E-state index in [1.54, 1.807) is 6.20 Å². The Labute approximate surface area is 437 Å². The minimum Gasteiger partial charge on any atom is -0.488 e. The Hall–Kier alpha value is -6.00. The Balaban J connectivity index is 0.000000149. The molecule has 0 radical (unpaired) electrons. The highest BCUT2D eigenvalue weighted by Crippen LogP contribution is 2.44. The van der Waals surface area contributed by atoms with Crippen LogP contribution in [-0.2, 0) is 41.6 Å². The molecule has 10 rings (SSSR count). The Morgan fingerprint density at radius 1 is 0.689 bits per heavy atom. The topological polar surface area (TPSA) is 186 Å². The molecule has 0 aliphatic carbocycles. The zero-order chi connectivity index (χ0) is 53.1. The van der Waals surface area contributed by atoms with Gasteiger partial charge in [-0.1, -0.05) is 29.8 Å². The van der Waals surface area contributed by atoms with Crippen LogP contribution in [0.25, 0.3) is 21.9 Å². The second-order valence-corrected chi connectivity index (χ2v) is 22.0. The molecule has 3 N–H and O–H groups in total. The van der Waals surface area contributed by atoms with E-state index in [1.807, 2.05) is 44.4 Å². The number of carbonyl (C=O) groups is 4. The number of aromatic nitrogens is 2. The largest absolute Gasteiger partial charge is 0.488 e. The lowest BCUT2D eigenvalue weighted by Crippen LogP contribution is -2.56. The number of likely N-dealkylation sites (tertiary alicyclic amines) is 2. The third-order valence-corrected chi connectivity index (χ3v) is 15.9. The number of aliphatic imine (C=N–C) groups is 1. The summed E-state index contributed by atoms with van der Waals surface area (Å²) in [6.45, 7) is 21.1. The van der Waals surface area contributed by atoms with Crippen molar-refractivity contribution in [1.82, 2.24) is 30.4 Å². The number of alkyl carbamates (subject to hydrolysis) is 2. The van der Waals surface area contributed by atoms with Crippen LogP contribution in [0.3, 0.4) is 0 Å². The maximum Gasteiger partial charge on any atom is 0.407 e. The van der Waals surface area contributed by atoms with Crippen molar-refractivity contribution >= 4 is 46.2 Å². The molecule has 16 nitrogen and oxygen atoms in total. The standard InChI is InChI=1S/C21H17NO.C20H32N4O4.C17H30N2O4/c1-12-3-5-16-15(7-12)11-23-21-10-17-14(9-19(16)21)4-6-20-18(17)8-13(2)22-20;1-11-10-21-18(22-11)16-7-6-12(2)24(16)19(25)17(23-20(26)27-5)15-8-13(3)28-14(4)9-15;1-10-6-7-11(2)19(10)16(20)15(18-17(21)22-5)14-8-12(3)23-13(4)9-14/h3-7,9-10H,8,11H2,1-2H3;10,12-17H,6-9H2,1-5H3,(H,21,22)(H,23,26);10-15H,6-9H2,1-5H3,(H,18,21)/t;12-,13+,14+,16-,17-;10-,11+,12-,13-,15+/m.01/s1. The molecule has 10 atom stereocenters. The first-order valence-electron chi connectivity index (χ1n) is 26.8. The van der Waals surface area contributed by atoms with Gasteiger partial charge < -0.3 is 49.1 Å². The Morgan fingerprint density at radius 3 is 1.80 bits per heavy atom. The summed E-state index contributed by atoms with van der Waals surface area (Å²) in [5.41, 5.74) is 9.66. The van der Waals surface area contributed by atoms with Gasteiger partial charge in [0.1, 0.15) is 30.3 Å². The van der Waals surface area contributed by atoms with Gasteiger partial charge in [-0.05, 0) is 178 Å². The van der Waals surface area contributed by atoms with Gasteiger partial charge in [0, 0.05) is 47.7 Å². The van der Waals surface area contributed by atoms with E-state index in [0.29, 0.717) is 6.61 Å². The first-order chi connectivity index (χ1) is 35.3. The molecular weight excluding hydrogens is 939 g/mol. The van der Waals surface area contributed by atoms with E-state index in [0.717, 1.165) is 80.7 Å². The minimum atomic E-state index is -0.639. The Kier molecular flexibility index (Phi) is 17.1. The lowest BCUT2D eigenvalue weighted by atomic mass is 9.85. The van der Waals surface area contributed by atoms with Crippen molar-refractivity contribution in [2.45, 2.75) is 194 Å². The smallest absolute Gasteiger partial charge is 0.407 e. The summed E-state index contributed by atoms with van der Waals surface area (Å²) in [7, 11) is 2.65. The number of hydrogen-bond acceptors (Lipinski definition) is 11. The van der Waals surface area contributed by atoms with Crippen molar-refractivity contribution in [2.75, 3.05) is 14.2 Å². The molecule has 16 heteroatoms. The summed E-state index contributed by atoms with van der Waals surface area (Å²) in [4.78, 5) is 66.8. The van der Waals surface area contributed by atoms with Crippen molar-refractivity contribution in [3.8, 4) is 16.9 Å². The van der Waals surface area contributed by atoms with Crippen molar-refractivity contribution < 1.29 is 42.9 Å². The van der Waals surface area contributed by atoms with E-state index in [9.17, 15) is 19.2 Å². The number of aryl methyl sites for hydroxylation is 2. The molecule has 400 valence electrons. The number of fused-ring (bicyclic) bond motifs is 6. The zero-order valence-corrected chi connectivity index (χ0v) is 45.6. The van der Waals surface area contributed by atoms with Crippen LogP contribution >= 0.6 is 0 Å². The van der Waals surface area contributed by atoms with Gasteiger partial charge in [0.15, 0.2) is 0 Å². The number of aromatic amines is 1. The highest BCUT2D eigenvalue weighted by Gasteiger charge is 2.45. The number of H-pyrrole nitrogens is 1. The molecule has 7 heterocycles. The van der Waals surface area contributed by atoms with Gasteiger partial charge in [0.05, 0.1) is 50.4 Å². The molecule has 1 aromatic heterocycles. The summed E-state index contributed by atoms with van der Waals surface area (Å²) in [5, 5.41) is 8.14. The number of ether oxygens (including phenoxy) is 5. The van der Waals surface area contributed by atoms with Crippen LogP contribution in [0.2, 0.25) is 0 Å². The third kappa shape index (κ3) is 12.1. The second-order valence-electron chi connectivity index (χ2n) is 22.0. The highest BCUT2D eigenvalue weighted by molar-refractivity contribution is 6.03. The van der Waals surface area contributed by atoms with E-state index in [4.69, 9.17) is 23.7 Å². The lowest BCUT2D eigenvalue weighted by molar-refractivity contribution is -0.141. The molecular formula is C58H79N7O9. The van der Waals surface area contributed by atoms with E-state index in [1.165, 1.54) is 58.5 Å². The van der Waals surface area contributed by atoms with E-state index in [2.05, 4.69) is 103 Å². The van der Waals surface area contributed by atoms with Gasteiger partial charge in [-0.15, -0.1) is 0 Å². The summed E-state index contributed by atoms with van der Waals surface area (Å²) in [6.07, 6.45) is 8.62. The zero-order valence-electron chi connectivity index (χ0n) is 45.6. The molecule has 3 aromatic carbocycles. The van der Waals surface area contributed by atoms with Crippen molar-refractivity contribution in [2.24, 2.45) is 16.8 Å². The Bertz CT molecular complexity index is 2690. The summed E-state index contributed by atoms with van der Waals surface area (Å²) in [6, 6.07) is 14.7. The number of benzene rings is 3. The molecule has 6 aliphatic rings. The molecule has 0 unspecified atom stereocenters. The molecule has 4 amide bonds. The number of amides is 4. The molecule has 74 heavy (non-hydrogen) atoms. The van der Waals surface area contributed by atoms with Crippen LogP contribution in [0.4, 0.5) is 15.3 Å². The number of methoxy groups -OCH3 is 2. The molecule has 0 saturated carbocycles. The first kappa shape index (κ1) is 54.3. The predicted molar refractivity (Wildman–Crippen MR) is 286 cm³/mol.